The van der Waals surface area contributed by atoms with Gasteiger partial charge in [-0.1, -0.05) is 12.1 Å². The zero-order valence-electron chi connectivity index (χ0n) is 7.41. The highest BCUT2D eigenvalue weighted by atomic mass is 79.9. The van der Waals surface area contributed by atoms with Gasteiger partial charge in [0.1, 0.15) is 0 Å². The van der Waals surface area contributed by atoms with Gasteiger partial charge in [0.25, 0.3) is 0 Å². The molecule has 0 aromatic heterocycles. The Kier molecular flexibility index (Phi) is 4.07. The molecule has 0 heterocycles. The second-order valence-corrected chi connectivity index (χ2v) is 5.72. The maximum absolute atomic E-state index is 11.9. The van der Waals surface area contributed by atoms with E-state index in [-0.39, 0.29) is 17.1 Å². The highest BCUT2D eigenvalue weighted by Gasteiger charge is 2.16. The van der Waals surface area contributed by atoms with E-state index in [0.29, 0.717) is 4.47 Å². The Morgan fingerprint density at radius 1 is 1.29 bits per heavy atom. The second-order valence-electron chi connectivity index (χ2n) is 2.79. The Labute approximate surface area is 91.2 Å². The monoisotopic (exact) mass is 280 g/mol. The Balaban J connectivity index is 2.99. The average molecular weight is 281 g/mol. The molecule has 78 valence electrons. The number of halogens is 2. The van der Waals surface area contributed by atoms with Gasteiger partial charge < -0.3 is 0 Å². The molecule has 0 atom stereocenters. The maximum Gasteiger partial charge on any atom is 0.179 e. The number of rotatable bonds is 4. The first-order valence-corrected chi connectivity index (χ1v) is 6.55. The van der Waals surface area contributed by atoms with Crippen molar-refractivity contribution in [3.8, 4) is 0 Å². The molecule has 0 aliphatic heterocycles. The van der Waals surface area contributed by atoms with E-state index in [2.05, 4.69) is 15.9 Å². The molecule has 0 aliphatic carbocycles. The first kappa shape index (κ1) is 11.7. The molecule has 0 bridgehead atoms. The zero-order chi connectivity index (χ0) is 10.6. The van der Waals surface area contributed by atoms with Crippen LogP contribution in [0.2, 0.25) is 0 Å². The number of benzene rings is 1. The highest BCUT2D eigenvalue weighted by molar-refractivity contribution is 9.10. The van der Waals surface area contributed by atoms with Crippen molar-refractivity contribution in [1.82, 2.24) is 0 Å². The average Bonchev–Trinajstić information content (AvgIpc) is 2.15. The van der Waals surface area contributed by atoms with Crippen LogP contribution in [0.4, 0.5) is 4.39 Å². The Bertz CT molecular complexity index is 403. The minimum Gasteiger partial charge on any atom is -0.251 e. The van der Waals surface area contributed by atoms with Gasteiger partial charge in [-0.15, -0.1) is 0 Å². The quantitative estimate of drug-likeness (QED) is 0.850. The van der Waals surface area contributed by atoms with E-state index in [1.807, 2.05) is 0 Å². The molecule has 0 aliphatic rings. The fraction of sp³-hybridized carbons (Fsp3) is 0.333. The van der Waals surface area contributed by atoms with Crippen molar-refractivity contribution >= 4 is 25.8 Å². The van der Waals surface area contributed by atoms with Crippen LogP contribution in [0.1, 0.15) is 6.42 Å². The van der Waals surface area contributed by atoms with E-state index in [0.717, 1.165) is 0 Å². The van der Waals surface area contributed by atoms with Crippen molar-refractivity contribution in [1.29, 1.82) is 0 Å². The molecule has 5 heteroatoms. The molecule has 1 aromatic carbocycles. The molecule has 2 nitrogen and oxygen atoms in total. The lowest BCUT2D eigenvalue weighted by Crippen LogP contribution is -2.07. The molecular weight excluding hydrogens is 271 g/mol. The lowest BCUT2D eigenvalue weighted by molar-refractivity contribution is 0.484. The molecular formula is C9H10BrFO2S. The molecule has 0 amide bonds. The van der Waals surface area contributed by atoms with Gasteiger partial charge in [-0.3, -0.25) is 4.39 Å². The molecule has 0 saturated heterocycles. The van der Waals surface area contributed by atoms with Crippen LogP contribution < -0.4 is 0 Å². The van der Waals surface area contributed by atoms with Crippen molar-refractivity contribution in [2.24, 2.45) is 0 Å². The number of hydrogen-bond acceptors (Lipinski definition) is 2. The van der Waals surface area contributed by atoms with Gasteiger partial charge in [0, 0.05) is 4.47 Å². The van der Waals surface area contributed by atoms with Gasteiger partial charge in [-0.05, 0) is 34.5 Å². The van der Waals surface area contributed by atoms with Crippen molar-refractivity contribution in [2.75, 3.05) is 12.4 Å². The van der Waals surface area contributed by atoms with Crippen LogP contribution in [0.25, 0.3) is 0 Å². The fourth-order valence-electron chi connectivity index (χ4n) is 1.05. The van der Waals surface area contributed by atoms with Crippen LogP contribution >= 0.6 is 15.9 Å². The van der Waals surface area contributed by atoms with Gasteiger partial charge in [-0.2, -0.15) is 0 Å². The fourth-order valence-corrected chi connectivity index (χ4v) is 3.44. The summed E-state index contributed by atoms with van der Waals surface area (Å²) in [5, 5.41) is 0. The van der Waals surface area contributed by atoms with Crippen molar-refractivity contribution in [2.45, 2.75) is 11.3 Å². The van der Waals surface area contributed by atoms with E-state index < -0.39 is 16.5 Å². The first-order chi connectivity index (χ1) is 6.58. The predicted octanol–water partition coefficient (Wildman–Crippen LogP) is 2.58. The van der Waals surface area contributed by atoms with Crippen LogP contribution in [0, 0.1) is 0 Å². The number of sulfone groups is 1. The summed E-state index contributed by atoms with van der Waals surface area (Å²) in [4.78, 5) is 0.230. The van der Waals surface area contributed by atoms with E-state index in [4.69, 9.17) is 0 Å². The van der Waals surface area contributed by atoms with Crippen molar-refractivity contribution < 1.29 is 12.8 Å². The van der Waals surface area contributed by atoms with E-state index in [1.165, 1.54) is 6.07 Å². The number of alkyl halides is 1. The van der Waals surface area contributed by atoms with Crippen LogP contribution in [0.3, 0.4) is 0 Å². The summed E-state index contributed by atoms with van der Waals surface area (Å²) in [6.07, 6.45) is 0.0453. The minimum absolute atomic E-state index is 0.0453. The molecule has 0 fully saturated rings. The second kappa shape index (κ2) is 4.89. The Morgan fingerprint density at radius 2 is 1.93 bits per heavy atom. The lowest BCUT2D eigenvalue weighted by atomic mass is 10.4. The standard InChI is InChI=1S/C9H10BrFO2S/c10-8-4-1-2-5-9(8)14(12,13)7-3-6-11/h1-2,4-5H,3,6-7H2. The van der Waals surface area contributed by atoms with Crippen molar-refractivity contribution in [3.63, 3.8) is 0 Å². The molecule has 0 unspecified atom stereocenters. The van der Waals surface area contributed by atoms with Crippen LogP contribution in [-0.2, 0) is 9.84 Å². The third-order valence-corrected chi connectivity index (χ3v) is 4.52. The maximum atomic E-state index is 11.9. The normalized spacial score (nSPS) is 11.6. The van der Waals surface area contributed by atoms with Gasteiger partial charge in [0.05, 0.1) is 17.3 Å². The van der Waals surface area contributed by atoms with E-state index in [9.17, 15) is 12.8 Å². The molecule has 1 rings (SSSR count). The summed E-state index contributed by atoms with van der Waals surface area (Å²) in [6, 6.07) is 6.55. The largest absolute Gasteiger partial charge is 0.251 e. The van der Waals surface area contributed by atoms with Gasteiger partial charge in [0.2, 0.25) is 0 Å². The van der Waals surface area contributed by atoms with E-state index in [1.54, 1.807) is 18.2 Å². The van der Waals surface area contributed by atoms with Crippen LogP contribution in [0.15, 0.2) is 33.6 Å². The SMILES string of the molecule is O=S(=O)(CCCF)c1ccccc1Br. The third-order valence-electron chi connectivity index (χ3n) is 1.72. The first-order valence-electron chi connectivity index (χ1n) is 4.11. The van der Waals surface area contributed by atoms with Crippen LogP contribution in [-0.4, -0.2) is 20.8 Å². The molecule has 1 aromatic rings. The Morgan fingerprint density at radius 3 is 2.50 bits per heavy atom. The van der Waals surface area contributed by atoms with Gasteiger partial charge >= 0.3 is 0 Å². The zero-order valence-corrected chi connectivity index (χ0v) is 9.81. The van der Waals surface area contributed by atoms with E-state index >= 15 is 0 Å². The summed E-state index contributed by atoms with van der Waals surface area (Å²) in [7, 11) is -3.34. The molecule has 0 radical (unpaired) electrons. The van der Waals surface area contributed by atoms with Gasteiger partial charge in [0.15, 0.2) is 9.84 Å². The predicted molar refractivity (Wildman–Crippen MR) is 56.8 cm³/mol. The summed E-state index contributed by atoms with van der Waals surface area (Å²) >= 11 is 3.15. The Hall–Kier alpha value is -0.420. The van der Waals surface area contributed by atoms with Gasteiger partial charge in [-0.25, -0.2) is 8.42 Å². The summed E-state index contributed by atoms with van der Waals surface area (Å²) < 4.78 is 35.6. The topological polar surface area (TPSA) is 34.1 Å². The summed E-state index contributed by atoms with van der Waals surface area (Å²) in [6.45, 7) is -0.607. The number of hydrogen-bond donors (Lipinski definition) is 0. The smallest absolute Gasteiger partial charge is 0.179 e. The molecule has 0 saturated carbocycles. The molecule has 0 N–H and O–H groups in total. The van der Waals surface area contributed by atoms with Crippen LogP contribution in [0.5, 0.6) is 0 Å². The third kappa shape index (κ3) is 2.78. The molecule has 0 spiro atoms. The summed E-state index contributed by atoms with van der Waals surface area (Å²) in [5.41, 5.74) is 0. The molecule has 14 heavy (non-hydrogen) atoms. The minimum atomic E-state index is -3.34. The lowest BCUT2D eigenvalue weighted by Gasteiger charge is -2.04. The highest BCUT2D eigenvalue weighted by Crippen LogP contribution is 2.22. The summed E-state index contributed by atoms with van der Waals surface area (Å²) in [5.74, 6) is -0.147. The van der Waals surface area contributed by atoms with Crippen molar-refractivity contribution in [3.05, 3.63) is 28.7 Å².